The Kier molecular flexibility index (Phi) is 4.16. The van der Waals surface area contributed by atoms with Gasteiger partial charge in [0.1, 0.15) is 6.54 Å². The second-order valence-corrected chi connectivity index (χ2v) is 6.99. The van der Waals surface area contributed by atoms with E-state index in [4.69, 9.17) is 4.74 Å². The Hall–Kier alpha value is -1.51. The van der Waals surface area contributed by atoms with Crippen LogP contribution >= 0.6 is 0 Å². The maximum Gasteiger partial charge on any atom is 0.325 e. The van der Waals surface area contributed by atoms with Crippen molar-refractivity contribution in [1.29, 1.82) is 0 Å². The van der Waals surface area contributed by atoms with Gasteiger partial charge >= 0.3 is 5.97 Å². The molecule has 1 fully saturated rings. The topological polar surface area (TPSA) is 29.5 Å². The number of carbonyl (C=O) groups is 1. The molecule has 0 bridgehead atoms. The normalized spacial score (nSPS) is 22.7. The van der Waals surface area contributed by atoms with Crippen molar-refractivity contribution in [3.05, 3.63) is 29.3 Å². The first kappa shape index (κ1) is 15.4. The van der Waals surface area contributed by atoms with Gasteiger partial charge in [-0.05, 0) is 50.7 Å². The third-order valence-electron chi connectivity index (χ3n) is 5.39. The summed E-state index contributed by atoms with van der Waals surface area (Å²) in [5.41, 5.74) is 4.10. The lowest BCUT2D eigenvalue weighted by Crippen LogP contribution is -2.53. The lowest BCUT2D eigenvalue weighted by molar-refractivity contribution is -0.141. The molecule has 1 heterocycles. The van der Waals surface area contributed by atoms with Crippen molar-refractivity contribution >= 4 is 11.7 Å². The molecule has 0 N–H and O–H groups in total. The summed E-state index contributed by atoms with van der Waals surface area (Å²) in [6, 6.07) is 6.66. The number of aryl methyl sites for hydroxylation is 1. The summed E-state index contributed by atoms with van der Waals surface area (Å²) in [4.78, 5) is 14.5. The van der Waals surface area contributed by atoms with E-state index in [9.17, 15) is 4.79 Å². The molecule has 1 aliphatic heterocycles. The van der Waals surface area contributed by atoms with Crippen molar-refractivity contribution in [2.24, 2.45) is 0 Å². The van der Waals surface area contributed by atoms with Crippen LogP contribution < -0.4 is 4.90 Å². The smallest absolute Gasteiger partial charge is 0.325 e. The molecule has 0 saturated heterocycles. The highest BCUT2D eigenvalue weighted by atomic mass is 16.5. The average molecular weight is 301 g/mol. The Balaban J connectivity index is 2.00. The molecule has 0 radical (unpaired) electrons. The van der Waals surface area contributed by atoms with Gasteiger partial charge in [-0.3, -0.25) is 4.79 Å². The van der Waals surface area contributed by atoms with Crippen LogP contribution in [0.3, 0.4) is 0 Å². The molecule has 3 heteroatoms. The summed E-state index contributed by atoms with van der Waals surface area (Å²) in [5, 5.41) is 0. The van der Waals surface area contributed by atoms with Gasteiger partial charge < -0.3 is 9.64 Å². The predicted molar refractivity (Wildman–Crippen MR) is 89.4 cm³/mol. The highest BCUT2D eigenvalue weighted by molar-refractivity contribution is 5.78. The van der Waals surface area contributed by atoms with Gasteiger partial charge in [0.2, 0.25) is 0 Å². The Morgan fingerprint density at radius 2 is 2.09 bits per heavy atom. The highest BCUT2D eigenvalue weighted by Crippen LogP contribution is 2.50. The van der Waals surface area contributed by atoms with E-state index >= 15 is 0 Å². The van der Waals surface area contributed by atoms with E-state index in [1.165, 1.54) is 42.5 Å². The molecule has 1 aromatic rings. The van der Waals surface area contributed by atoms with Gasteiger partial charge in [-0.1, -0.05) is 37.5 Å². The van der Waals surface area contributed by atoms with Gasteiger partial charge in [-0.25, -0.2) is 0 Å². The minimum absolute atomic E-state index is 0.102. The van der Waals surface area contributed by atoms with Crippen LogP contribution in [0.5, 0.6) is 0 Å². The van der Waals surface area contributed by atoms with Gasteiger partial charge in [0.25, 0.3) is 0 Å². The van der Waals surface area contributed by atoms with Crippen LogP contribution in [0.15, 0.2) is 18.2 Å². The van der Waals surface area contributed by atoms with E-state index in [2.05, 4.69) is 36.9 Å². The number of esters is 1. The Morgan fingerprint density at radius 1 is 1.36 bits per heavy atom. The highest BCUT2D eigenvalue weighted by Gasteiger charge is 2.45. The Morgan fingerprint density at radius 3 is 2.77 bits per heavy atom. The number of rotatable bonds is 3. The van der Waals surface area contributed by atoms with E-state index in [-0.39, 0.29) is 11.5 Å². The van der Waals surface area contributed by atoms with Crippen molar-refractivity contribution < 1.29 is 9.53 Å². The second-order valence-electron chi connectivity index (χ2n) is 6.99. The molecule has 1 atom stereocenters. The maximum atomic E-state index is 12.1. The van der Waals surface area contributed by atoms with Crippen molar-refractivity contribution in [2.75, 3.05) is 18.1 Å². The number of hydrogen-bond acceptors (Lipinski definition) is 3. The molecule has 3 rings (SSSR count). The van der Waals surface area contributed by atoms with E-state index in [1.54, 1.807) is 0 Å². The Bertz CT molecular complexity index is 561. The van der Waals surface area contributed by atoms with Crippen LogP contribution in [0, 0.1) is 6.92 Å². The standard InChI is InChI=1S/C19H27NO2/c1-4-22-18(21)13-20-17-8-7-14(2)11-16(17)15(3)12-19(20)9-5-6-10-19/h7-8,11,15H,4-6,9-10,12-13H2,1-3H3. The van der Waals surface area contributed by atoms with Crippen molar-refractivity contribution in [2.45, 2.75) is 64.3 Å². The first-order valence-electron chi connectivity index (χ1n) is 8.59. The zero-order valence-corrected chi connectivity index (χ0v) is 14.0. The summed E-state index contributed by atoms with van der Waals surface area (Å²) in [7, 11) is 0. The SMILES string of the molecule is CCOC(=O)CN1c2ccc(C)cc2C(C)CC12CCCC2. The second kappa shape index (κ2) is 5.94. The molecule has 1 aromatic carbocycles. The number of fused-ring (bicyclic) bond motifs is 1. The quantitative estimate of drug-likeness (QED) is 0.784. The monoisotopic (exact) mass is 301 g/mol. The van der Waals surface area contributed by atoms with Crippen molar-refractivity contribution in [1.82, 2.24) is 0 Å². The molecular weight excluding hydrogens is 274 g/mol. The van der Waals surface area contributed by atoms with Gasteiger partial charge in [-0.2, -0.15) is 0 Å². The summed E-state index contributed by atoms with van der Waals surface area (Å²) in [5.74, 6) is 0.460. The fourth-order valence-corrected chi connectivity index (χ4v) is 4.46. The fourth-order valence-electron chi connectivity index (χ4n) is 4.46. The van der Waals surface area contributed by atoms with E-state index < -0.39 is 0 Å². The number of hydrogen-bond donors (Lipinski definition) is 0. The number of nitrogens with zero attached hydrogens (tertiary/aromatic N) is 1. The van der Waals surface area contributed by atoms with Crippen molar-refractivity contribution in [3.8, 4) is 0 Å². The Labute approximate surface area is 133 Å². The molecule has 2 aliphatic rings. The molecule has 1 unspecified atom stereocenters. The van der Waals surface area contributed by atoms with Crippen LogP contribution in [0.2, 0.25) is 0 Å². The number of benzene rings is 1. The number of anilines is 1. The van der Waals surface area contributed by atoms with Crippen LogP contribution in [-0.4, -0.2) is 24.7 Å². The summed E-state index contributed by atoms with van der Waals surface area (Å²) >= 11 is 0. The van der Waals surface area contributed by atoms with Crippen molar-refractivity contribution in [3.63, 3.8) is 0 Å². The van der Waals surface area contributed by atoms with Crippen LogP contribution in [0.1, 0.15) is 63.0 Å². The first-order valence-corrected chi connectivity index (χ1v) is 8.59. The van der Waals surface area contributed by atoms with Crippen LogP contribution in [0.4, 0.5) is 5.69 Å². The van der Waals surface area contributed by atoms with Gasteiger partial charge in [0, 0.05) is 11.2 Å². The summed E-state index contributed by atoms with van der Waals surface area (Å²) < 4.78 is 5.23. The molecular formula is C19H27NO2. The maximum absolute atomic E-state index is 12.1. The zero-order chi connectivity index (χ0) is 15.7. The van der Waals surface area contributed by atoms with E-state index in [0.717, 1.165) is 6.42 Å². The molecule has 3 nitrogen and oxygen atoms in total. The largest absolute Gasteiger partial charge is 0.465 e. The average Bonchev–Trinajstić information content (AvgIpc) is 2.93. The van der Waals surface area contributed by atoms with Crippen LogP contribution in [-0.2, 0) is 9.53 Å². The van der Waals surface area contributed by atoms with Crippen LogP contribution in [0.25, 0.3) is 0 Å². The fraction of sp³-hybridized carbons (Fsp3) is 0.632. The molecule has 0 amide bonds. The van der Waals surface area contributed by atoms with Gasteiger partial charge in [-0.15, -0.1) is 0 Å². The summed E-state index contributed by atoms with van der Waals surface area (Å²) in [6.07, 6.45) is 6.09. The number of carbonyl (C=O) groups excluding carboxylic acids is 1. The molecule has 1 saturated carbocycles. The molecule has 22 heavy (non-hydrogen) atoms. The number of ether oxygens (including phenoxy) is 1. The third-order valence-corrected chi connectivity index (χ3v) is 5.39. The lowest BCUT2D eigenvalue weighted by Gasteiger charge is -2.49. The van der Waals surface area contributed by atoms with E-state index in [0.29, 0.717) is 19.1 Å². The van der Waals surface area contributed by atoms with E-state index in [1.807, 2.05) is 6.92 Å². The van der Waals surface area contributed by atoms with Gasteiger partial charge in [0.05, 0.1) is 6.61 Å². The molecule has 0 aromatic heterocycles. The molecule has 1 spiro atoms. The summed E-state index contributed by atoms with van der Waals surface area (Å²) in [6.45, 7) is 7.19. The minimum Gasteiger partial charge on any atom is -0.465 e. The van der Waals surface area contributed by atoms with Gasteiger partial charge in [0.15, 0.2) is 0 Å². The predicted octanol–water partition coefficient (Wildman–Crippen LogP) is 4.18. The third kappa shape index (κ3) is 2.62. The minimum atomic E-state index is -0.102. The lowest BCUT2D eigenvalue weighted by atomic mass is 9.76. The molecule has 1 aliphatic carbocycles. The first-order chi connectivity index (χ1) is 10.6. The zero-order valence-electron chi connectivity index (χ0n) is 14.0. The molecule has 120 valence electrons.